The number of hydrogen-bond donors (Lipinski definition) is 1. The van der Waals surface area contributed by atoms with Gasteiger partial charge in [0.2, 0.25) is 0 Å². The molecule has 4 heteroatoms. The van der Waals surface area contributed by atoms with Crippen LogP contribution in [0.1, 0.15) is 28.3 Å². The summed E-state index contributed by atoms with van der Waals surface area (Å²) in [4.78, 5) is 14.2. The van der Waals surface area contributed by atoms with E-state index in [1.807, 2.05) is 18.2 Å². The Morgan fingerprint density at radius 2 is 1.95 bits per heavy atom. The lowest BCUT2D eigenvalue weighted by molar-refractivity contribution is 0.0790. The van der Waals surface area contributed by atoms with Gasteiger partial charge >= 0.3 is 0 Å². The highest BCUT2D eigenvalue weighted by atomic mass is 19.1. The highest BCUT2D eigenvalue weighted by molar-refractivity contribution is 5.94. The van der Waals surface area contributed by atoms with Crippen LogP contribution in [0.25, 0.3) is 0 Å². The second-order valence-electron chi connectivity index (χ2n) is 5.38. The number of halogens is 1. The second kappa shape index (κ2) is 5.56. The molecule has 0 bridgehead atoms. The number of rotatable bonds is 2. The summed E-state index contributed by atoms with van der Waals surface area (Å²) in [6, 6.07) is 14.4. The monoisotopic (exact) mass is 284 g/mol. The van der Waals surface area contributed by atoms with Crippen molar-refractivity contribution < 1.29 is 9.18 Å². The fraction of sp³-hybridized carbons (Fsp3) is 0.235. The largest absolute Gasteiger partial charge is 0.396 e. The van der Waals surface area contributed by atoms with Crippen molar-refractivity contribution in [2.45, 2.75) is 12.3 Å². The van der Waals surface area contributed by atoms with Crippen LogP contribution in [0, 0.1) is 5.82 Å². The number of amides is 1. The van der Waals surface area contributed by atoms with Crippen LogP contribution < -0.4 is 5.73 Å². The lowest BCUT2D eigenvalue weighted by atomic mass is 9.99. The van der Waals surface area contributed by atoms with Gasteiger partial charge in [-0.15, -0.1) is 0 Å². The van der Waals surface area contributed by atoms with Crippen molar-refractivity contribution in [3.05, 3.63) is 65.5 Å². The van der Waals surface area contributed by atoms with E-state index in [1.165, 1.54) is 17.7 Å². The summed E-state index contributed by atoms with van der Waals surface area (Å²) in [7, 11) is 0. The summed E-state index contributed by atoms with van der Waals surface area (Å²) in [5.41, 5.74) is 7.11. The van der Waals surface area contributed by atoms with Gasteiger partial charge in [0.15, 0.2) is 0 Å². The van der Waals surface area contributed by atoms with E-state index in [1.54, 1.807) is 11.0 Å². The Balaban J connectivity index is 1.74. The van der Waals surface area contributed by atoms with Crippen molar-refractivity contribution in [2.24, 2.45) is 0 Å². The molecule has 1 aliphatic heterocycles. The maximum atomic E-state index is 13.5. The summed E-state index contributed by atoms with van der Waals surface area (Å²) in [5.74, 6) is -0.319. The molecule has 0 radical (unpaired) electrons. The summed E-state index contributed by atoms with van der Waals surface area (Å²) in [5, 5.41) is 0. The van der Waals surface area contributed by atoms with Crippen molar-refractivity contribution >= 4 is 11.6 Å². The average molecular weight is 284 g/mol. The van der Waals surface area contributed by atoms with Crippen molar-refractivity contribution in [1.82, 2.24) is 4.90 Å². The number of benzene rings is 2. The van der Waals surface area contributed by atoms with Crippen molar-refractivity contribution in [3.63, 3.8) is 0 Å². The summed E-state index contributed by atoms with van der Waals surface area (Å²) < 4.78 is 13.5. The fourth-order valence-electron chi connectivity index (χ4n) is 2.78. The highest BCUT2D eigenvalue weighted by Gasteiger charge is 2.28. The molecule has 1 aliphatic rings. The van der Waals surface area contributed by atoms with E-state index in [4.69, 9.17) is 5.73 Å². The molecular weight excluding hydrogens is 267 g/mol. The van der Waals surface area contributed by atoms with Gasteiger partial charge in [-0.05, 0) is 30.2 Å². The number of anilines is 1. The zero-order chi connectivity index (χ0) is 14.8. The molecule has 0 spiro atoms. The SMILES string of the molecule is Nc1ccc(C(=O)N2CCC(c3ccccc3)C2)cc1F. The number of nitrogens with zero attached hydrogens (tertiary/aromatic N) is 1. The Hall–Kier alpha value is -2.36. The Morgan fingerprint density at radius 3 is 2.67 bits per heavy atom. The average Bonchev–Trinajstić information content (AvgIpc) is 3.00. The predicted octanol–water partition coefficient (Wildman–Crippen LogP) is 3.04. The molecule has 1 heterocycles. The van der Waals surface area contributed by atoms with E-state index < -0.39 is 5.82 Å². The third kappa shape index (κ3) is 2.75. The third-order valence-corrected chi connectivity index (χ3v) is 3.99. The number of carbonyl (C=O) groups is 1. The molecule has 1 amide bonds. The molecule has 2 aromatic carbocycles. The Bertz CT molecular complexity index is 657. The lowest BCUT2D eigenvalue weighted by Gasteiger charge is -2.17. The molecule has 0 aromatic heterocycles. The molecule has 1 atom stereocenters. The Kier molecular flexibility index (Phi) is 3.60. The maximum absolute atomic E-state index is 13.5. The van der Waals surface area contributed by atoms with E-state index in [2.05, 4.69) is 12.1 Å². The molecule has 0 saturated carbocycles. The minimum atomic E-state index is -0.542. The number of nitrogens with two attached hydrogens (primary N) is 1. The van der Waals surface area contributed by atoms with Crippen LogP contribution in [0.15, 0.2) is 48.5 Å². The van der Waals surface area contributed by atoms with Gasteiger partial charge in [-0.25, -0.2) is 4.39 Å². The number of carbonyl (C=O) groups excluding carboxylic acids is 1. The van der Waals surface area contributed by atoms with Gasteiger partial charge in [0.05, 0.1) is 5.69 Å². The van der Waals surface area contributed by atoms with Crippen molar-refractivity contribution in [3.8, 4) is 0 Å². The highest BCUT2D eigenvalue weighted by Crippen LogP contribution is 2.28. The van der Waals surface area contributed by atoms with E-state index in [0.29, 0.717) is 24.6 Å². The van der Waals surface area contributed by atoms with Gasteiger partial charge in [-0.1, -0.05) is 30.3 Å². The first kappa shape index (κ1) is 13.6. The molecule has 1 unspecified atom stereocenters. The minimum Gasteiger partial charge on any atom is -0.396 e. The van der Waals surface area contributed by atoms with Crippen LogP contribution in [0.3, 0.4) is 0 Å². The first-order valence-corrected chi connectivity index (χ1v) is 7.04. The number of likely N-dealkylation sites (tertiary alicyclic amines) is 1. The lowest BCUT2D eigenvalue weighted by Crippen LogP contribution is -2.28. The third-order valence-electron chi connectivity index (χ3n) is 3.99. The van der Waals surface area contributed by atoms with E-state index in [0.717, 1.165) is 6.42 Å². The minimum absolute atomic E-state index is 0.0649. The molecule has 1 fully saturated rings. The standard InChI is InChI=1S/C17H17FN2O/c18-15-10-13(6-7-16(15)19)17(21)20-9-8-14(11-20)12-4-2-1-3-5-12/h1-7,10,14H,8-9,11,19H2. The Morgan fingerprint density at radius 1 is 1.19 bits per heavy atom. The summed E-state index contributed by atoms with van der Waals surface area (Å²) >= 11 is 0. The van der Waals surface area contributed by atoms with Gasteiger partial charge in [-0.2, -0.15) is 0 Å². The van der Waals surface area contributed by atoms with Crippen LogP contribution >= 0.6 is 0 Å². The first-order valence-electron chi connectivity index (χ1n) is 7.04. The zero-order valence-electron chi connectivity index (χ0n) is 11.6. The molecular formula is C17H17FN2O. The van der Waals surface area contributed by atoms with Gasteiger partial charge in [0.25, 0.3) is 5.91 Å². The molecule has 2 aromatic rings. The zero-order valence-corrected chi connectivity index (χ0v) is 11.6. The van der Waals surface area contributed by atoms with Crippen molar-refractivity contribution in [1.29, 1.82) is 0 Å². The van der Waals surface area contributed by atoms with E-state index in [9.17, 15) is 9.18 Å². The van der Waals surface area contributed by atoms with Crippen molar-refractivity contribution in [2.75, 3.05) is 18.8 Å². The fourth-order valence-corrected chi connectivity index (χ4v) is 2.78. The van der Waals surface area contributed by atoms with Gasteiger partial charge in [0.1, 0.15) is 5.82 Å². The number of hydrogen-bond acceptors (Lipinski definition) is 2. The normalized spacial score (nSPS) is 18.0. The molecule has 21 heavy (non-hydrogen) atoms. The summed E-state index contributed by atoms with van der Waals surface area (Å²) in [6.07, 6.45) is 0.938. The Labute approximate surface area is 123 Å². The van der Waals surface area contributed by atoms with E-state index in [-0.39, 0.29) is 11.6 Å². The van der Waals surface area contributed by atoms with Gasteiger partial charge in [0, 0.05) is 24.6 Å². The maximum Gasteiger partial charge on any atom is 0.253 e. The van der Waals surface area contributed by atoms with Gasteiger partial charge < -0.3 is 10.6 Å². The first-order chi connectivity index (χ1) is 10.1. The molecule has 2 N–H and O–H groups in total. The summed E-state index contributed by atoms with van der Waals surface area (Å²) in [6.45, 7) is 1.37. The smallest absolute Gasteiger partial charge is 0.253 e. The second-order valence-corrected chi connectivity index (χ2v) is 5.38. The van der Waals surface area contributed by atoms with Crippen LogP contribution in [0.4, 0.5) is 10.1 Å². The molecule has 0 aliphatic carbocycles. The number of nitrogen functional groups attached to an aromatic ring is 1. The predicted molar refractivity (Wildman–Crippen MR) is 80.5 cm³/mol. The van der Waals surface area contributed by atoms with Crippen LogP contribution in [0.5, 0.6) is 0 Å². The van der Waals surface area contributed by atoms with Crippen LogP contribution in [-0.2, 0) is 0 Å². The quantitative estimate of drug-likeness (QED) is 0.862. The molecule has 3 rings (SSSR count). The van der Waals surface area contributed by atoms with E-state index >= 15 is 0 Å². The van der Waals surface area contributed by atoms with Gasteiger partial charge in [-0.3, -0.25) is 4.79 Å². The van der Waals surface area contributed by atoms with Crippen LogP contribution in [-0.4, -0.2) is 23.9 Å². The molecule has 108 valence electrons. The topological polar surface area (TPSA) is 46.3 Å². The van der Waals surface area contributed by atoms with Crippen LogP contribution in [0.2, 0.25) is 0 Å². The molecule has 3 nitrogen and oxygen atoms in total. The molecule has 1 saturated heterocycles.